The minimum atomic E-state index is 0.0275. The van der Waals surface area contributed by atoms with Gasteiger partial charge in [-0.05, 0) is 50.8 Å². The summed E-state index contributed by atoms with van der Waals surface area (Å²) in [7, 11) is 0. The standard InChI is InChI=1S/C15H21ClN2O/c1-11-5-3-6-12(2)18(11)15(19)17-10-13-7-4-8-14(16)9-13/h4,7-9,11-12H,3,5-6,10H2,1-2H3,(H,17,19). The third kappa shape index (κ3) is 3.63. The van der Waals surface area contributed by atoms with Crippen molar-refractivity contribution in [3.8, 4) is 0 Å². The van der Waals surface area contributed by atoms with Crippen LogP contribution in [0.15, 0.2) is 24.3 Å². The van der Waals surface area contributed by atoms with Gasteiger partial charge in [0.05, 0.1) is 0 Å². The van der Waals surface area contributed by atoms with Crippen molar-refractivity contribution in [3.63, 3.8) is 0 Å². The van der Waals surface area contributed by atoms with E-state index in [1.807, 2.05) is 29.2 Å². The number of benzene rings is 1. The lowest BCUT2D eigenvalue weighted by atomic mass is 9.98. The molecule has 2 atom stereocenters. The molecular weight excluding hydrogens is 260 g/mol. The van der Waals surface area contributed by atoms with Gasteiger partial charge in [0.25, 0.3) is 0 Å². The topological polar surface area (TPSA) is 32.3 Å². The summed E-state index contributed by atoms with van der Waals surface area (Å²) in [5, 5.41) is 3.69. The number of carbonyl (C=O) groups excluding carboxylic acids is 1. The van der Waals surface area contributed by atoms with Gasteiger partial charge in [-0.15, -0.1) is 0 Å². The van der Waals surface area contributed by atoms with Crippen LogP contribution in [0.4, 0.5) is 4.79 Å². The number of carbonyl (C=O) groups is 1. The smallest absolute Gasteiger partial charge is 0.318 e. The fourth-order valence-electron chi connectivity index (χ4n) is 2.74. The van der Waals surface area contributed by atoms with Crippen molar-refractivity contribution in [1.82, 2.24) is 10.2 Å². The summed E-state index contributed by atoms with van der Waals surface area (Å²) in [6.07, 6.45) is 3.39. The van der Waals surface area contributed by atoms with Gasteiger partial charge in [0.1, 0.15) is 0 Å². The van der Waals surface area contributed by atoms with Gasteiger partial charge in [-0.2, -0.15) is 0 Å². The molecule has 1 aliphatic heterocycles. The molecule has 0 radical (unpaired) electrons. The first-order valence-electron chi connectivity index (χ1n) is 6.88. The second-order valence-electron chi connectivity index (χ2n) is 5.32. The molecule has 0 aliphatic carbocycles. The molecule has 0 bridgehead atoms. The Morgan fingerprint density at radius 2 is 2.05 bits per heavy atom. The predicted molar refractivity (Wildman–Crippen MR) is 78.3 cm³/mol. The van der Waals surface area contributed by atoms with E-state index in [1.54, 1.807) is 0 Å². The second-order valence-corrected chi connectivity index (χ2v) is 5.76. The number of urea groups is 1. The van der Waals surface area contributed by atoms with Crippen molar-refractivity contribution in [2.75, 3.05) is 0 Å². The Morgan fingerprint density at radius 1 is 1.37 bits per heavy atom. The van der Waals surface area contributed by atoms with Crippen molar-refractivity contribution in [2.24, 2.45) is 0 Å². The van der Waals surface area contributed by atoms with Crippen LogP contribution in [-0.4, -0.2) is 23.0 Å². The summed E-state index contributed by atoms with van der Waals surface area (Å²) in [5.74, 6) is 0. The molecule has 0 aromatic heterocycles. The molecule has 0 saturated carbocycles. The molecule has 0 spiro atoms. The molecule has 1 aromatic rings. The fraction of sp³-hybridized carbons (Fsp3) is 0.533. The third-order valence-electron chi connectivity index (χ3n) is 3.76. The van der Waals surface area contributed by atoms with Gasteiger partial charge in [0, 0.05) is 23.7 Å². The van der Waals surface area contributed by atoms with Gasteiger partial charge in [-0.3, -0.25) is 0 Å². The Morgan fingerprint density at radius 3 is 2.68 bits per heavy atom. The lowest BCUT2D eigenvalue weighted by Gasteiger charge is -2.38. The summed E-state index contributed by atoms with van der Waals surface area (Å²) >= 11 is 5.93. The summed E-state index contributed by atoms with van der Waals surface area (Å²) < 4.78 is 0. The van der Waals surface area contributed by atoms with E-state index in [0.29, 0.717) is 23.7 Å². The van der Waals surface area contributed by atoms with Crippen LogP contribution in [0.1, 0.15) is 38.7 Å². The van der Waals surface area contributed by atoms with Crippen LogP contribution in [0.3, 0.4) is 0 Å². The normalized spacial score (nSPS) is 23.2. The second kappa shape index (κ2) is 6.29. The number of amides is 2. The molecule has 1 aromatic carbocycles. The van der Waals surface area contributed by atoms with Gasteiger partial charge in [0.15, 0.2) is 0 Å². The van der Waals surface area contributed by atoms with Crippen LogP contribution in [0, 0.1) is 0 Å². The Kier molecular flexibility index (Phi) is 4.70. The molecule has 4 heteroatoms. The molecule has 19 heavy (non-hydrogen) atoms. The zero-order valence-corrected chi connectivity index (χ0v) is 12.3. The molecule has 1 saturated heterocycles. The molecule has 2 unspecified atom stereocenters. The van der Waals surface area contributed by atoms with Gasteiger partial charge in [0.2, 0.25) is 0 Å². The van der Waals surface area contributed by atoms with Gasteiger partial charge in [-0.1, -0.05) is 23.7 Å². The van der Waals surface area contributed by atoms with Crippen molar-refractivity contribution < 1.29 is 4.79 Å². The number of likely N-dealkylation sites (tertiary alicyclic amines) is 1. The van der Waals surface area contributed by atoms with E-state index in [2.05, 4.69) is 19.2 Å². The number of nitrogens with one attached hydrogen (secondary N) is 1. The van der Waals surface area contributed by atoms with Gasteiger partial charge in [-0.25, -0.2) is 4.79 Å². The van der Waals surface area contributed by atoms with E-state index in [0.717, 1.165) is 18.4 Å². The van der Waals surface area contributed by atoms with Crippen molar-refractivity contribution in [3.05, 3.63) is 34.9 Å². The van der Waals surface area contributed by atoms with E-state index in [1.165, 1.54) is 6.42 Å². The number of halogens is 1. The Labute approximate surface area is 119 Å². The van der Waals surface area contributed by atoms with E-state index in [-0.39, 0.29) is 6.03 Å². The summed E-state index contributed by atoms with van der Waals surface area (Å²) in [6.45, 7) is 4.76. The SMILES string of the molecule is CC1CCCC(C)N1C(=O)NCc1cccc(Cl)c1. The van der Waals surface area contributed by atoms with E-state index in [4.69, 9.17) is 11.6 Å². The average molecular weight is 281 g/mol. The fourth-order valence-corrected chi connectivity index (χ4v) is 2.95. The predicted octanol–water partition coefficient (Wildman–Crippen LogP) is 3.81. The van der Waals surface area contributed by atoms with Crippen LogP contribution in [-0.2, 0) is 6.54 Å². The van der Waals surface area contributed by atoms with Crippen LogP contribution in [0.2, 0.25) is 5.02 Å². The molecule has 2 rings (SSSR count). The van der Waals surface area contributed by atoms with Crippen molar-refractivity contribution in [1.29, 1.82) is 0 Å². The number of rotatable bonds is 2. The molecule has 1 aliphatic rings. The van der Waals surface area contributed by atoms with E-state index in [9.17, 15) is 4.79 Å². The number of nitrogens with zero attached hydrogens (tertiary/aromatic N) is 1. The Hall–Kier alpha value is -1.22. The first-order chi connectivity index (χ1) is 9.08. The maximum Gasteiger partial charge on any atom is 0.318 e. The highest BCUT2D eigenvalue weighted by atomic mass is 35.5. The quantitative estimate of drug-likeness (QED) is 0.878. The molecule has 104 valence electrons. The number of piperidine rings is 1. The number of hydrogen-bond donors (Lipinski definition) is 1. The highest BCUT2D eigenvalue weighted by Crippen LogP contribution is 2.22. The monoisotopic (exact) mass is 280 g/mol. The minimum Gasteiger partial charge on any atom is -0.334 e. The summed E-state index contributed by atoms with van der Waals surface area (Å²) in [6, 6.07) is 8.25. The minimum absolute atomic E-state index is 0.0275. The molecular formula is C15H21ClN2O. The first kappa shape index (κ1) is 14.2. The van der Waals surface area contributed by atoms with E-state index >= 15 is 0 Å². The molecule has 1 fully saturated rings. The molecule has 2 amide bonds. The van der Waals surface area contributed by atoms with E-state index < -0.39 is 0 Å². The summed E-state index contributed by atoms with van der Waals surface area (Å²) in [4.78, 5) is 14.2. The lowest BCUT2D eigenvalue weighted by Crippen LogP contribution is -2.51. The van der Waals surface area contributed by atoms with Crippen molar-refractivity contribution in [2.45, 2.75) is 51.7 Å². The Balaban J connectivity index is 1.93. The van der Waals surface area contributed by atoms with Crippen LogP contribution in [0.5, 0.6) is 0 Å². The third-order valence-corrected chi connectivity index (χ3v) is 4.00. The largest absolute Gasteiger partial charge is 0.334 e. The average Bonchev–Trinajstić information content (AvgIpc) is 2.36. The van der Waals surface area contributed by atoms with Crippen LogP contribution >= 0.6 is 11.6 Å². The van der Waals surface area contributed by atoms with Crippen LogP contribution < -0.4 is 5.32 Å². The Bertz CT molecular complexity index is 440. The van der Waals surface area contributed by atoms with Gasteiger partial charge >= 0.3 is 6.03 Å². The zero-order valence-electron chi connectivity index (χ0n) is 11.5. The maximum absolute atomic E-state index is 12.3. The molecule has 1 N–H and O–H groups in total. The molecule has 3 nitrogen and oxygen atoms in total. The lowest BCUT2D eigenvalue weighted by molar-refractivity contribution is 0.123. The first-order valence-corrected chi connectivity index (χ1v) is 7.26. The summed E-state index contributed by atoms with van der Waals surface area (Å²) in [5.41, 5.74) is 1.03. The van der Waals surface area contributed by atoms with Gasteiger partial charge < -0.3 is 10.2 Å². The number of hydrogen-bond acceptors (Lipinski definition) is 1. The maximum atomic E-state index is 12.3. The highest BCUT2D eigenvalue weighted by Gasteiger charge is 2.28. The zero-order chi connectivity index (χ0) is 13.8. The van der Waals surface area contributed by atoms with Crippen LogP contribution in [0.25, 0.3) is 0 Å². The molecule has 1 heterocycles. The highest BCUT2D eigenvalue weighted by molar-refractivity contribution is 6.30. The van der Waals surface area contributed by atoms with Crippen molar-refractivity contribution >= 4 is 17.6 Å².